The van der Waals surface area contributed by atoms with Gasteiger partial charge in [0.15, 0.2) is 0 Å². The van der Waals surface area contributed by atoms with Crippen molar-refractivity contribution in [1.82, 2.24) is 0 Å². The molecule has 0 saturated heterocycles. The van der Waals surface area contributed by atoms with Crippen LogP contribution in [0, 0.1) is 13.0 Å². The third-order valence-corrected chi connectivity index (χ3v) is 2.20. The smallest absolute Gasteiger partial charge is 0.554 e. The van der Waals surface area contributed by atoms with Gasteiger partial charge in [-0.15, -0.1) is 12.1 Å². The first-order chi connectivity index (χ1) is 7.67. The fourth-order valence-electron chi connectivity index (χ4n) is 1.33. The fourth-order valence-corrected chi connectivity index (χ4v) is 1.33. The number of carbonyl (C=O) groups is 1. The molecule has 3 nitrogen and oxygen atoms in total. The van der Waals surface area contributed by atoms with Gasteiger partial charge in [-0.25, -0.2) is 0 Å². The Balaban J connectivity index is 0.00000256. The fraction of sp³-hybridized carbons (Fsp3) is 0.385. The molecule has 4 heteroatoms. The molecule has 0 aliphatic heterocycles. The molecule has 0 spiro atoms. The number of ether oxygens (including phenoxy) is 2. The largest absolute Gasteiger partial charge is 2.00 e. The number of carbonyl (C=O) groups excluding carboxylic acids is 1. The van der Waals surface area contributed by atoms with Crippen molar-refractivity contribution in [3.63, 3.8) is 0 Å². The zero-order valence-electron chi connectivity index (χ0n) is 10.1. The van der Waals surface area contributed by atoms with Crippen LogP contribution < -0.4 is 4.74 Å². The van der Waals surface area contributed by atoms with Crippen LogP contribution in [-0.4, -0.2) is 19.7 Å². The zero-order chi connectivity index (χ0) is 12.0. The quantitative estimate of drug-likeness (QED) is 0.559. The molecule has 1 aromatic rings. The maximum Gasteiger partial charge on any atom is 2.00 e. The molecule has 0 heterocycles. The minimum Gasteiger partial charge on any atom is -0.554 e. The van der Waals surface area contributed by atoms with Gasteiger partial charge in [0.2, 0.25) is 0 Å². The Morgan fingerprint density at radius 2 is 2.24 bits per heavy atom. The maximum absolute atomic E-state index is 11.2. The van der Waals surface area contributed by atoms with Gasteiger partial charge in [0.1, 0.15) is 0 Å². The van der Waals surface area contributed by atoms with Crippen LogP contribution >= 0.6 is 0 Å². The van der Waals surface area contributed by atoms with Crippen LogP contribution in [0.4, 0.5) is 0 Å². The average Bonchev–Trinajstić information content (AvgIpc) is 2.29. The van der Waals surface area contributed by atoms with Gasteiger partial charge in [0.05, 0.1) is 13.7 Å². The predicted molar refractivity (Wildman–Crippen MR) is 61.2 cm³/mol. The summed E-state index contributed by atoms with van der Waals surface area (Å²) in [6.45, 7) is 6.10. The molecule has 0 bridgehead atoms. The van der Waals surface area contributed by atoms with Crippen molar-refractivity contribution < 1.29 is 35.3 Å². The van der Waals surface area contributed by atoms with Crippen LogP contribution in [0.15, 0.2) is 18.2 Å². The normalized spacial score (nSPS) is 11.2. The van der Waals surface area contributed by atoms with Gasteiger partial charge in [-0.05, 0) is 6.92 Å². The Morgan fingerprint density at radius 1 is 1.53 bits per heavy atom. The minimum absolute atomic E-state index is 0. The SMILES string of the molecule is [CH2-]C(CC(=O)OCC)c1[c-]cc(OC)cc1.[W+2]. The first kappa shape index (κ1) is 16.2. The molecule has 17 heavy (non-hydrogen) atoms. The van der Waals surface area contributed by atoms with Crippen LogP contribution in [0.2, 0.25) is 0 Å². The van der Waals surface area contributed by atoms with Crippen molar-refractivity contribution in [3.05, 3.63) is 36.8 Å². The van der Waals surface area contributed by atoms with E-state index in [2.05, 4.69) is 13.0 Å². The molecule has 0 saturated carbocycles. The van der Waals surface area contributed by atoms with Crippen molar-refractivity contribution in [2.24, 2.45) is 0 Å². The summed E-state index contributed by atoms with van der Waals surface area (Å²) >= 11 is 0. The minimum atomic E-state index is -0.230. The molecule has 0 aromatic heterocycles. The predicted octanol–water partition coefficient (Wildman–Crippen LogP) is 2.36. The molecule has 1 aromatic carbocycles. The van der Waals surface area contributed by atoms with Gasteiger partial charge in [-0.1, -0.05) is 0 Å². The molecular formula is C13H16O3W. The summed E-state index contributed by atoms with van der Waals surface area (Å²) in [6, 6.07) is 8.46. The van der Waals surface area contributed by atoms with Crippen molar-refractivity contribution in [2.45, 2.75) is 19.3 Å². The second kappa shape index (κ2) is 8.30. The van der Waals surface area contributed by atoms with Gasteiger partial charge < -0.3 is 16.4 Å². The van der Waals surface area contributed by atoms with E-state index in [1.165, 1.54) is 0 Å². The van der Waals surface area contributed by atoms with Gasteiger partial charge in [0.25, 0.3) is 0 Å². The molecule has 0 N–H and O–H groups in total. The summed E-state index contributed by atoms with van der Waals surface area (Å²) in [5.74, 6) is 0.378. The number of methoxy groups -OCH3 is 1. The Morgan fingerprint density at radius 3 is 2.71 bits per heavy atom. The molecule has 1 unspecified atom stereocenters. The van der Waals surface area contributed by atoms with Crippen molar-refractivity contribution in [3.8, 4) is 5.75 Å². The van der Waals surface area contributed by atoms with E-state index in [4.69, 9.17) is 9.47 Å². The summed E-state index contributed by atoms with van der Waals surface area (Å²) in [4.78, 5) is 11.2. The molecule has 1 atom stereocenters. The Hall–Kier alpha value is -0.822. The van der Waals surface area contributed by atoms with Crippen molar-refractivity contribution >= 4 is 5.97 Å². The summed E-state index contributed by atoms with van der Waals surface area (Å²) in [5, 5.41) is 0. The van der Waals surface area contributed by atoms with Gasteiger partial charge in [0, 0.05) is 12.2 Å². The van der Waals surface area contributed by atoms with Crippen LogP contribution in [0.3, 0.4) is 0 Å². The maximum atomic E-state index is 11.2. The Kier molecular flexibility index (Phi) is 7.89. The van der Waals surface area contributed by atoms with Gasteiger partial charge in [-0.2, -0.15) is 23.6 Å². The standard InChI is InChI=1S/C13H16O3.W/c1-4-16-13(14)9-10(2)11-5-7-12(15-3)8-6-11;/h5,7-8,10H,2,4,9H2,1,3H3;/q-2;+2. The van der Waals surface area contributed by atoms with E-state index >= 15 is 0 Å². The van der Waals surface area contributed by atoms with E-state index in [1.54, 1.807) is 20.1 Å². The van der Waals surface area contributed by atoms with Gasteiger partial charge in [-0.3, -0.25) is 4.79 Å². The number of hydrogen-bond donors (Lipinski definition) is 0. The molecule has 92 valence electrons. The molecule has 0 radical (unpaired) electrons. The monoisotopic (exact) mass is 404 g/mol. The van der Waals surface area contributed by atoms with E-state index in [-0.39, 0.29) is 39.4 Å². The molecule has 0 aliphatic carbocycles. The molecule has 0 aliphatic rings. The van der Waals surface area contributed by atoms with E-state index in [1.807, 2.05) is 12.1 Å². The van der Waals surface area contributed by atoms with Crippen molar-refractivity contribution in [2.75, 3.05) is 13.7 Å². The number of benzene rings is 1. The third kappa shape index (κ3) is 5.36. The molecular weight excluding hydrogens is 388 g/mol. The van der Waals surface area contributed by atoms with Crippen LogP contribution in [-0.2, 0) is 30.6 Å². The Bertz CT molecular complexity index is 335. The summed E-state index contributed by atoms with van der Waals surface area (Å²) in [7, 11) is 1.60. The number of rotatable bonds is 5. The van der Waals surface area contributed by atoms with E-state index in [9.17, 15) is 4.79 Å². The van der Waals surface area contributed by atoms with Gasteiger partial charge >= 0.3 is 27.0 Å². The van der Waals surface area contributed by atoms with E-state index in [0.29, 0.717) is 6.61 Å². The topological polar surface area (TPSA) is 35.5 Å². The third-order valence-electron chi connectivity index (χ3n) is 2.20. The molecule has 0 fully saturated rings. The number of esters is 1. The Labute approximate surface area is 117 Å². The van der Waals surface area contributed by atoms with Crippen LogP contribution in [0.25, 0.3) is 0 Å². The average molecular weight is 404 g/mol. The van der Waals surface area contributed by atoms with E-state index < -0.39 is 0 Å². The van der Waals surface area contributed by atoms with Crippen molar-refractivity contribution in [1.29, 1.82) is 0 Å². The second-order valence-electron chi connectivity index (χ2n) is 3.39. The first-order valence-electron chi connectivity index (χ1n) is 5.21. The summed E-state index contributed by atoms with van der Waals surface area (Å²) < 4.78 is 9.89. The first-order valence-corrected chi connectivity index (χ1v) is 5.21. The van der Waals surface area contributed by atoms with E-state index in [0.717, 1.165) is 11.3 Å². The molecule has 0 amide bonds. The second-order valence-corrected chi connectivity index (χ2v) is 3.39. The zero-order valence-corrected chi connectivity index (χ0v) is 13.0. The number of hydrogen-bond acceptors (Lipinski definition) is 3. The summed E-state index contributed by atoms with van der Waals surface area (Å²) in [5.41, 5.74) is 0.883. The summed E-state index contributed by atoms with van der Waals surface area (Å²) in [6.07, 6.45) is 0.274. The van der Waals surface area contributed by atoms with Crippen LogP contribution in [0.1, 0.15) is 24.8 Å². The van der Waals surface area contributed by atoms with Crippen LogP contribution in [0.5, 0.6) is 5.75 Å². The molecule has 1 rings (SSSR count).